The number of aliphatic hydroxyl groups excluding tert-OH is 1. The molecule has 0 aromatic heterocycles. The second-order valence-corrected chi connectivity index (χ2v) is 4.46. The van der Waals surface area contributed by atoms with Crippen LogP contribution in [0.15, 0.2) is 18.2 Å². The van der Waals surface area contributed by atoms with Crippen molar-refractivity contribution < 1.29 is 19.8 Å². The number of Topliss-reactive ketones (excluding diaryl/α,β-unsaturated/α-hetero) is 1. The van der Waals surface area contributed by atoms with Crippen molar-refractivity contribution in [2.75, 3.05) is 0 Å². The lowest BCUT2D eigenvalue weighted by Gasteiger charge is -2.14. The number of carboxylic acids is 1. The monoisotopic (exact) mass is 270 g/mol. The number of aryl methyl sites for hydroxylation is 1. The summed E-state index contributed by atoms with van der Waals surface area (Å²) in [5.74, 6) is -1.48. The number of carbonyl (C=O) groups is 2. The molecule has 1 aromatic rings. The quantitative estimate of drug-likeness (QED) is 0.805. The van der Waals surface area contributed by atoms with Crippen molar-refractivity contribution in [3.8, 4) is 0 Å². The average molecular weight is 271 g/mol. The van der Waals surface area contributed by atoms with Crippen LogP contribution in [0.1, 0.15) is 42.0 Å². The second-order valence-electron chi connectivity index (χ2n) is 4.03. The van der Waals surface area contributed by atoms with Gasteiger partial charge in [0.05, 0.1) is 0 Å². The van der Waals surface area contributed by atoms with Crippen molar-refractivity contribution in [1.82, 2.24) is 0 Å². The molecule has 0 aliphatic heterocycles. The number of hydrogen-bond donors (Lipinski definition) is 2. The molecule has 0 aliphatic rings. The largest absolute Gasteiger partial charge is 0.479 e. The number of rotatable bonds is 5. The molecule has 0 radical (unpaired) electrons. The Bertz CT molecular complexity index is 470. The van der Waals surface area contributed by atoms with E-state index < -0.39 is 17.5 Å². The number of ketones is 1. The molecule has 0 saturated heterocycles. The molecule has 1 aromatic carbocycles. The smallest absolute Gasteiger partial charge is 0.337 e. The lowest BCUT2D eigenvalue weighted by atomic mass is 9.96. The van der Waals surface area contributed by atoms with Gasteiger partial charge in [-0.25, -0.2) is 4.79 Å². The summed E-state index contributed by atoms with van der Waals surface area (Å²) < 4.78 is 0. The van der Waals surface area contributed by atoms with E-state index >= 15 is 0 Å². The van der Waals surface area contributed by atoms with E-state index in [1.165, 1.54) is 13.0 Å². The van der Waals surface area contributed by atoms with E-state index in [2.05, 4.69) is 0 Å². The molecule has 18 heavy (non-hydrogen) atoms. The summed E-state index contributed by atoms with van der Waals surface area (Å²) in [5, 5.41) is 17.5. The van der Waals surface area contributed by atoms with Crippen molar-refractivity contribution in [1.29, 1.82) is 0 Å². The molecule has 5 heteroatoms. The van der Waals surface area contributed by atoms with Crippen LogP contribution in [-0.4, -0.2) is 22.0 Å². The molecule has 2 unspecified atom stereocenters. The van der Waals surface area contributed by atoms with Gasteiger partial charge < -0.3 is 10.2 Å². The highest BCUT2D eigenvalue weighted by atomic mass is 35.5. The van der Waals surface area contributed by atoms with Gasteiger partial charge in [-0.3, -0.25) is 4.79 Å². The van der Waals surface area contributed by atoms with Gasteiger partial charge in [-0.1, -0.05) is 25.1 Å². The normalized spacial score (nSPS) is 14.0. The van der Waals surface area contributed by atoms with Crippen molar-refractivity contribution in [3.63, 3.8) is 0 Å². The second kappa shape index (κ2) is 5.98. The fraction of sp³-hybridized carbons (Fsp3) is 0.385. The maximum atomic E-state index is 11.3. The maximum Gasteiger partial charge on any atom is 0.337 e. The lowest BCUT2D eigenvalue weighted by Crippen LogP contribution is -2.12. The Kier molecular flexibility index (Phi) is 4.87. The molecule has 2 atom stereocenters. The molecule has 0 aliphatic carbocycles. The Balaban J connectivity index is 3.19. The Labute approximate surface area is 110 Å². The molecule has 0 heterocycles. The Morgan fingerprint density at radius 2 is 2.00 bits per heavy atom. The molecule has 0 amide bonds. The summed E-state index contributed by atoms with van der Waals surface area (Å²) >= 11 is 5.99. The highest BCUT2D eigenvalue weighted by Gasteiger charge is 2.20. The Morgan fingerprint density at radius 1 is 1.39 bits per heavy atom. The molecular weight excluding hydrogens is 256 g/mol. The zero-order valence-electron chi connectivity index (χ0n) is 10.2. The van der Waals surface area contributed by atoms with Crippen LogP contribution in [0.2, 0.25) is 0 Å². The minimum absolute atomic E-state index is 0.169. The van der Waals surface area contributed by atoms with Gasteiger partial charge in [-0.05, 0) is 30.0 Å². The minimum atomic E-state index is -1.56. The van der Waals surface area contributed by atoms with Gasteiger partial charge in [0, 0.05) is 0 Å². The van der Waals surface area contributed by atoms with Gasteiger partial charge in [0.1, 0.15) is 5.38 Å². The lowest BCUT2D eigenvalue weighted by molar-refractivity contribution is -0.147. The van der Waals surface area contributed by atoms with Crippen LogP contribution in [0, 0.1) is 0 Å². The molecule has 0 fully saturated rings. The van der Waals surface area contributed by atoms with Crippen molar-refractivity contribution in [3.05, 3.63) is 34.9 Å². The number of benzene rings is 1. The fourth-order valence-corrected chi connectivity index (χ4v) is 1.92. The van der Waals surface area contributed by atoms with Crippen LogP contribution in [0.4, 0.5) is 0 Å². The highest BCUT2D eigenvalue weighted by molar-refractivity contribution is 6.30. The van der Waals surface area contributed by atoms with Crippen molar-refractivity contribution in [2.24, 2.45) is 0 Å². The topological polar surface area (TPSA) is 74.6 Å². The summed E-state index contributed by atoms with van der Waals surface area (Å²) in [6.07, 6.45) is -0.957. The minimum Gasteiger partial charge on any atom is -0.479 e. The van der Waals surface area contributed by atoms with E-state index in [0.717, 1.165) is 5.56 Å². The van der Waals surface area contributed by atoms with E-state index in [0.29, 0.717) is 12.0 Å². The molecule has 2 N–H and O–H groups in total. The highest BCUT2D eigenvalue weighted by Crippen LogP contribution is 2.28. The first kappa shape index (κ1) is 14.7. The van der Waals surface area contributed by atoms with Gasteiger partial charge in [0.2, 0.25) is 0 Å². The van der Waals surface area contributed by atoms with Gasteiger partial charge >= 0.3 is 5.97 Å². The van der Waals surface area contributed by atoms with Crippen LogP contribution in [0.3, 0.4) is 0 Å². The van der Waals surface area contributed by atoms with Crippen molar-refractivity contribution in [2.45, 2.75) is 31.7 Å². The first-order valence-corrected chi connectivity index (χ1v) is 6.00. The summed E-state index contributed by atoms with van der Waals surface area (Å²) in [6, 6.07) is 4.65. The molecule has 0 spiro atoms. The number of alkyl halides is 1. The maximum absolute atomic E-state index is 11.3. The zero-order valence-corrected chi connectivity index (χ0v) is 10.9. The van der Waals surface area contributed by atoms with Crippen LogP contribution in [-0.2, 0) is 16.0 Å². The molecule has 0 bridgehead atoms. The average Bonchev–Trinajstić information content (AvgIpc) is 2.35. The zero-order chi connectivity index (χ0) is 13.9. The molecule has 1 rings (SSSR count). The van der Waals surface area contributed by atoms with Crippen LogP contribution in [0.25, 0.3) is 0 Å². The first-order valence-electron chi connectivity index (χ1n) is 5.56. The van der Waals surface area contributed by atoms with Crippen LogP contribution < -0.4 is 0 Å². The van der Waals surface area contributed by atoms with Gasteiger partial charge in [-0.2, -0.15) is 0 Å². The van der Waals surface area contributed by atoms with Gasteiger partial charge in [0.15, 0.2) is 11.9 Å². The predicted molar refractivity (Wildman–Crippen MR) is 67.7 cm³/mol. The number of aliphatic carboxylic acids is 1. The van der Waals surface area contributed by atoms with Crippen molar-refractivity contribution >= 4 is 23.4 Å². The predicted octanol–water partition coefficient (Wildman–Crippen LogP) is 2.24. The van der Waals surface area contributed by atoms with Crippen LogP contribution in [0.5, 0.6) is 0 Å². The van der Waals surface area contributed by atoms with E-state index in [4.69, 9.17) is 16.7 Å². The van der Waals surface area contributed by atoms with E-state index in [1.807, 2.05) is 6.92 Å². The Hall–Kier alpha value is -1.39. The molecule has 98 valence electrons. The standard InChI is InChI=1S/C13H15ClO4/c1-3-8-6-9(12(16)13(17)18)4-5-10(8)11(14)7(2)15/h4-6,11-12,16H,3H2,1-2H3,(H,17,18). The van der Waals surface area contributed by atoms with E-state index in [-0.39, 0.29) is 11.3 Å². The third-order valence-corrected chi connectivity index (χ3v) is 3.27. The summed E-state index contributed by atoms with van der Waals surface area (Å²) in [6.45, 7) is 3.27. The summed E-state index contributed by atoms with van der Waals surface area (Å²) in [7, 11) is 0. The third kappa shape index (κ3) is 3.09. The van der Waals surface area contributed by atoms with Crippen LogP contribution >= 0.6 is 11.6 Å². The first-order chi connectivity index (χ1) is 8.38. The van der Waals surface area contributed by atoms with Gasteiger partial charge in [0.25, 0.3) is 0 Å². The summed E-state index contributed by atoms with van der Waals surface area (Å²) in [4.78, 5) is 22.0. The van der Waals surface area contributed by atoms with Gasteiger partial charge in [-0.15, -0.1) is 11.6 Å². The molecule has 0 saturated carbocycles. The number of carbonyl (C=O) groups excluding carboxylic acids is 1. The summed E-state index contributed by atoms with van der Waals surface area (Å²) in [5.41, 5.74) is 1.71. The number of hydrogen-bond acceptors (Lipinski definition) is 3. The molecule has 4 nitrogen and oxygen atoms in total. The number of carboxylic acid groups (broad SMARTS) is 1. The fourth-order valence-electron chi connectivity index (χ4n) is 1.71. The van der Waals surface area contributed by atoms with E-state index in [1.54, 1.807) is 12.1 Å². The number of aliphatic hydroxyl groups is 1. The third-order valence-electron chi connectivity index (χ3n) is 2.73. The number of halogens is 1. The SMILES string of the molecule is CCc1cc(C(O)C(=O)O)ccc1C(Cl)C(C)=O. The Morgan fingerprint density at radius 3 is 2.44 bits per heavy atom. The van der Waals surface area contributed by atoms with E-state index in [9.17, 15) is 14.7 Å². The molecular formula is C13H15ClO4.